The molecule has 0 saturated carbocycles. The maximum Gasteiger partial charge on any atom is 0.0324 e. The third-order valence-electron chi connectivity index (χ3n) is 3.88. The maximum absolute atomic E-state index is 6.37. The van der Waals surface area contributed by atoms with Crippen LogP contribution in [0.15, 0.2) is 24.3 Å². The predicted molar refractivity (Wildman–Crippen MR) is 73.1 cm³/mol. The fraction of sp³-hybridized carbons (Fsp3) is 0.600. The van der Waals surface area contributed by atoms with E-state index < -0.39 is 0 Å². The summed E-state index contributed by atoms with van der Waals surface area (Å²) in [4.78, 5) is 0. The van der Waals surface area contributed by atoms with Crippen LogP contribution in [-0.4, -0.2) is 13.1 Å². The van der Waals surface area contributed by atoms with E-state index in [-0.39, 0.29) is 6.04 Å². The van der Waals surface area contributed by atoms with E-state index in [1.54, 1.807) is 0 Å². The molecule has 0 amide bonds. The first kappa shape index (κ1) is 12.6. The highest BCUT2D eigenvalue weighted by molar-refractivity contribution is 5.27. The lowest BCUT2D eigenvalue weighted by molar-refractivity contribution is 0.322. The van der Waals surface area contributed by atoms with Crippen molar-refractivity contribution in [2.45, 2.75) is 38.6 Å². The Hall–Kier alpha value is -0.860. The van der Waals surface area contributed by atoms with Crippen LogP contribution in [0.25, 0.3) is 0 Å². The smallest absolute Gasteiger partial charge is 0.0324 e. The zero-order chi connectivity index (χ0) is 12.3. The molecule has 0 aromatic heterocycles. The summed E-state index contributed by atoms with van der Waals surface area (Å²) >= 11 is 0. The Bertz CT molecular complexity index is 336. The number of hydrogen-bond donors (Lipinski definition) is 2. The molecule has 17 heavy (non-hydrogen) atoms. The Labute approximate surface area is 105 Å². The molecule has 1 aliphatic heterocycles. The minimum atomic E-state index is 0.207. The third-order valence-corrected chi connectivity index (χ3v) is 3.88. The van der Waals surface area contributed by atoms with Gasteiger partial charge in [0, 0.05) is 6.04 Å². The first-order valence-corrected chi connectivity index (χ1v) is 6.74. The van der Waals surface area contributed by atoms with Crippen LogP contribution in [0, 0.1) is 5.92 Å². The highest BCUT2D eigenvalue weighted by Crippen LogP contribution is 2.27. The van der Waals surface area contributed by atoms with Crippen molar-refractivity contribution in [1.29, 1.82) is 0 Å². The summed E-state index contributed by atoms with van der Waals surface area (Å²) in [5.74, 6) is 1.24. The molecule has 0 aliphatic carbocycles. The SMILES string of the molecule is CC(C)c1ccc(C(N)C2CCNCC2)cc1. The summed E-state index contributed by atoms with van der Waals surface area (Å²) in [6.07, 6.45) is 2.40. The van der Waals surface area contributed by atoms with Gasteiger partial charge in [-0.15, -0.1) is 0 Å². The van der Waals surface area contributed by atoms with E-state index in [0.29, 0.717) is 11.8 Å². The van der Waals surface area contributed by atoms with Crippen molar-refractivity contribution < 1.29 is 0 Å². The second-order valence-corrected chi connectivity index (χ2v) is 5.43. The number of hydrogen-bond acceptors (Lipinski definition) is 2. The molecular formula is C15H24N2. The van der Waals surface area contributed by atoms with E-state index >= 15 is 0 Å². The predicted octanol–water partition coefficient (Wildman–Crippen LogP) is 2.81. The fourth-order valence-electron chi connectivity index (χ4n) is 2.58. The van der Waals surface area contributed by atoms with Crippen molar-refractivity contribution in [3.8, 4) is 0 Å². The fourth-order valence-corrected chi connectivity index (χ4v) is 2.58. The van der Waals surface area contributed by atoms with Crippen LogP contribution in [0.3, 0.4) is 0 Å². The lowest BCUT2D eigenvalue weighted by atomic mass is 9.86. The Balaban J connectivity index is 2.05. The van der Waals surface area contributed by atoms with Gasteiger partial charge in [0.2, 0.25) is 0 Å². The van der Waals surface area contributed by atoms with Crippen LogP contribution in [0.1, 0.15) is 49.8 Å². The number of nitrogens with one attached hydrogen (secondary N) is 1. The summed E-state index contributed by atoms with van der Waals surface area (Å²) in [6, 6.07) is 9.07. The van der Waals surface area contributed by atoms with Gasteiger partial charge in [-0.25, -0.2) is 0 Å². The molecule has 0 radical (unpaired) electrons. The highest BCUT2D eigenvalue weighted by atomic mass is 14.9. The Morgan fingerprint density at radius 2 is 1.59 bits per heavy atom. The van der Waals surface area contributed by atoms with Crippen molar-refractivity contribution in [3.63, 3.8) is 0 Å². The molecule has 1 atom stereocenters. The molecule has 0 spiro atoms. The Morgan fingerprint density at radius 3 is 2.12 bits per heavy atom. The highest BCUT2D eigenvalue weighted by Gasteiger charge is 2.21. The van der Waals surface area contributed by atoms with Gasteiger partial charge in [-0.1, -0.05) is 38.1 Å². The number of benzene rings is 1. The zero-order valence-electron chi connectivity index (χ0n) is 10.9. The van der Waals surface area contributed by atoms with E-state index in [1.807, 2.05) is 0 Å². The third kappa shape index (κ3) is 3.08. The molecule has 1 fully saturated rings. The topological polar surface area (TPSA) is 38.0 Å². The van der Waals surface area contributed by atoms with E-state index in [1.165, 1.54) is 24.0 Å². The van der Waals surface area contributed by atoms with Crippen molar-refractivity contribution in [2.24, 2.45) is 11.7 Å². The molecule has 3 N–H and O–H groups in total. The summed E-state index contributed by atoms with van der Waals surface area (Å²) < 4.78 is 0. The average molecular weight is 232 g/mol. The number of rotatable bonds is 3. The van der Waals surface area contributed by atoms with E-state index in [9.17, 15) is 0 Å². The molecule has 1 aromatic carbocycles. The van der Waals surface area contributed by atoms with Crippen LogP contribution >= 0.6 is 0 Å². The van der Waals surface area contributed by atoms with Crippen LogP contribution < -0.4 is 11.1 Å². The lowest BCUT2D eigenvalue weighted by Gasteiger charge is -2.28. The van der Waals surface area contributed by atoms with Gasteiger partial charge in [-0.3, -0.25) is 0 Å². The van der Waals surface area contributed by atoms with Crippen LogP contribution in [-0.2, 0) is 0 Å². The molecule has 2 heteroatoms. The quantitative estimate of drug-likeness (QED) is 0.841. The number of piperidine rings is 1. The summed E-state index contributed by atoms with van der Waals surface area (Å²) in [7, 11) is 0. The molecule has 1 unspecified atom stereocenters. The van der Waals surface area contributed by atoms with Gasteiger partial charge in [0.05, 0.1) is 0 Å². The van der Waals surface area contributed by atoms with Crippen molar-refractivity contribution >= 4 is 0 Å². The van der Waals surface area contributed by atoms with E-state index in [0.717, 1.165) is 13.1 Å². The molecule has 2 nitrogen and oxygen atoms in total. The van der Waals surface area contributed by atoms with Crippen molar-refractivity contribution in [3.05, 3.63) is 35.4 Å². The van der Waals surface area contributed by atoms with Gasteiger partial charge in [0.15, 0.2) is 0 Å². The van der Waals surface area contributed by atoms with Crippen molar-refractivity contribution in [1.82, 2.24) is 5.32 Å². The minimum Gasteiger partial charge on any atom is -0.324 e. The molecule has 94 valence electrons. The van der Waals surface area contributed by atoms with Crippen LogP contribution in [0.4, 0.5) is 0 Å². The largest absolute Gasteiger partial charge is 0.324 e. The van der Waals surface area contributed by atoms with Gasteiger partial charge in [-0.2, -0.15) is 0 Å². The van der Waals surface area contributed by atoms with Gasteiger partial charge in [0.1, 0.15) is 0 Å². The van der Waals surface area contributed by atoms with Gasteiger partial charge < -0.3 is 11.1 Å². The Morgan fingerprint density at radius 1 is 1.06 bits per heavy atom. The zero-order valence-corrected chi connectivity index (χ0v) is 10.9. The second-order valence-electron chi connectivity index (χ2n) is 5.43. The van der Waals surface area contributed by atoms with Gasteiger partial charge in [-0.05, 0) is 48.9 Å². The average Bonchev–Trinajstić information content (AvgIpc) is 2.39. The van der Waals surface area contributed by atoms with Gasteiger partial charge >= 0.3 is 0 Å². The summed E-state index contributed by atoms with van der Waals surface area (Å²) in [5.41, 5.74) is 9.06. The molecule has 2 rings (SSSR count). The van der Waals surface area contributed by atoms with Crippen LogP contribution in [0.2, 0.25) is 0 Å². The molecule has 1 aromatic rings. The normalized spacial score (nSPS) is 19.5. The van der Waals surface area contributed by atoms with E-state index in [2.05, 4.69) is 43.4 Å². The molecular weight excluding hydrogens is 208 g/mol. The summed E-state index contributed by atoms with van der Waals surface area (Å²) in [6.45, 7) is 6.67. The van der Waals surface area contributed by atoms with Gasteiger partial charge in [0.25, 0.3) is 0 Å². The summed E-state index contributed by atoms with van der Waals surface area (Å²) in [5, 5.41) is 3.39. The molecule has 1 saturated heterocycles. The maximum atomic E-state index is 6.37. The molecule has 1 heterocycles. The Kier molecular flexibility index (Phi) is 4.19. The first-order valence-electron chi connectivity index (χ1n) is 6.74. The first-order chi connectivity index (χ1) is 8.18. The lowest BCUT2D eigenvalue weighted by Crippen LogP contribution is -2.33. The van der Waals surface area contributed by atoms with Crippen molar-refractivity contribution in [2.75, 3.05) is 13.1 Å². The monoisotopic (exact) mass is 232 g/mol. The second kappa shape index (κ2) is 5.65. The number of nitrogens with two attached hydrogens (primary N) is 1. The molecule has 1 aliphatic rings. The minimum absolute atomic E-state index is 0.207. The standard InChI is InChI=1S/C15H24N2/c1-11(2)12-3-5-13(6-4-12)15(16)14-7-9-17-10-8-14/h3-6,11,14-15,17H,7-10,16H2,1-2H3. The van der Waals surface area contributed by atoms with Crippen LogP contribution in [0.5, 0.6) is 0 Å². The molecule has 0 bridgehead atoms. The van der Waals surface area contributed by atoms with E-state index in [4.69, 9.17) is 5.73 Å².